The SMILES string of the molecule is Cc1cc(C(=O)N2CCN(CC(=O)Nc3cc(C(C)C)no3)CC2)c(C)o1. The number of furan rings is 1. The van der Waals surface area contributed by atoms with Gasteiger partial charge in [0, 0.05) is 32.2 Å². The van der Waals surface area contributed by atoms with E-state index in [9.17, 15) is 9.59 Å². The van der Waals surface area contributed by atoms with Crippen LogP contribution in [0.5, 0.6) is 0 Å². The van der Waals surface area contributed by atoms with Crippen molar-refractivity contribution in [2.45, 2.75) is 33.6 Å². The van der Waals surface area contributed by atoms with Crippen LogP contribution >= 0.6 is 0 Å². The van der Waals surface area contributed by atoms with Crippen LogP contribution in [0, 0.1) is 13.8 Å². The van der Waals surface area contributed by atoms with Crippen molar-refractivity contribution in [2.24, 2.45) is 0 Å². The fraction of sp³-hybridized carbons (Fsp3) is 0.526. The number of nitrogens with one attached hydrogen (secondary N) is 1. The summed E-state index contributed by atoms with van der Waals surface area (Å²) in [6.45, 7) is 10.3. The van der Waals surface area contributed by atoms with Gasteiger partial charge in [-0.2, -0.15) is 0 Å². The van der Waals surface area contributed by atoms with Gasteiger partial charge in [0.15, 0.2) is 0 Å². The summed E-state index contributed by atoms with van der Waals surface area (Å²) in [5.41, 5.74) is 1.42. The second-order valence-electron chi connectivity index (χ2n) is 7.21. The monoisotopic (exact) mass is 374 g/mol. The molecule has 8 nitrogen and oxygen atoms in total. The van der Waals surface area contributed by atoms with Gasteiger partial charge in [0.2, 0.25) is 11.8 Å². The molecule has 1 fully saturated rings. The predicted molar refractivity (Wildman–Crippen MR) is 99.7 cm³/mol. The Kier molecular flexibility index (Phi) is 5.65. The van der Waals surface area contributed by atoms with Crippen molar-refractivity contribution in [1.82, 2.24) is 15.0 Å². The Morgan fingerprint density at radius 1 is 1.19 bits per heavy atom. The number of aryl methyl sites for hydroxylation is 2. The summed E-state index contributed by atoms with van der Waals surface area (Å²) in [4.78, 5) is 28.6. The van der Waals surface area contributed by atoms with E-state index in [1.807, 2.05) is 25.7 Å². The molecule has 2 aromatic rings. The van der Waals surface area contributed by atoms with Crippen LogP contribution < -0.4 is 5.32 Å². The van der Waals surface area contributed by atoms with Gasteiger partial charge in [-0.05, 0) is 25.8 Å². The quantitative estimate of drug-likeness (QED) is 0.864. The summed E-state index contributed by atoms with van der Waals surface area (Å²) < 4.78 is 10.6. The summed E-state index contributed by atoms with van der Waals surface area (Å²) in [6, 6.07) is 3.52. The van der Waals surface area contributed by atoms with E-state index in [4.69, 9.17) is 8.94 Å². The largest absolute Gasteiger partial charge is 0.466 e. The van der Waals surface area contributed by atoms with E-state index in [-0.39, 0.29) is 24.3 Å². The Morgan fingerprint density at radius 2 is 1.89 bits per heavy atom. The molecule has 0 atom stereocenters. The normalized spacial score (nSPS) is 15.4. The summed E-state index contributed by atoms with van der Waals surface area (Å²) in [5.74, 6) is 1.82. The second-order valence-corrected chi connectivity index (χ2v) is 7.21. The molecule has 0 radical (unpaired) electrons. The van der Waals surface area contributed by atoms with Crippen LogP contribution in [0.4, 0.5) is 5.88 Å². The highest BCUT2D eigenvalue weighted by Crippen LogP contribution is 2.18. The van der Waals surface area contributed by atoms with Crippen LogP contribution in [0.1, 0.15) is 47.3 Å². The van der Waals surface area contributed by atoms with Crippen LogP contribution in [0.2, 0.25) is 0 Å². The highest BCUT2D eigenvalue weighted by molar-refractivity contribution is 5.95. The summed E-state index contributed by atoms with van der Waals surface area (Å²) in [6.07, 6.45) is 0. The third-order valence-electron chi connectivity index (χ3n) is 4.68. The van der Waals surface area contributed by atoms with E-state index < -0.39 is 0 Å². The van der Waals surface area contributed by atoms with E-state index in [1.54, 1.807) is 24.0 Å². The van der Waals surface area contributed by atoms with Crippen molar-refractivity contribution >= 4 is 17.7 Å². The van der Waals surface area contributed by atoms with Gasteiger partial charge >= 0.3 is 0 Å². The maximum absolute atomic E-state index is 12.6. The minimum absolute atomic E-state index is 0.0173. The Bertz CT molecular complexity index is 816. The molecule has 1 N–H and O–H groups in total. The molecule has 8 heteroatoms. The summed E-state index contributed by atoms with van der Waals surface area (Å²) in [5, 5.41) is 6.66. The van der Waals surface area contributed by atoms with Crippen molar-refractivity contribution in [3.8, 4) is 0 Å². The molecular formula is C19H26N4O4. The fourth-order valence-electron chi connectivity index (χ4n) is 3.12. The predicted octanol–water partition coefficient (Wildman–Crippen LogP) is 2.40. The number of piperazine rings is 1. The number of carbonyl (C=O) groups excluding carboxylic acids is 2. The van der Waals surface area contributed by atoms with Crippen molar-refractivity contribution in [3.63, 3.8) is 0 Å². The number of rotatable bonds is 5. The van der Waals surface area contributed by atoms with E-state index in [1.165, 1.54) is 0 Å². The van der Waals surface area contributed by atoms with Crippen molar-refractivity contribution in [3.05, 3.63) is 34.9 Å². The van der Waals surface area contributed by atoms with Gasteiger partial charge in [-0.1, -0.05) is 19.0 Å². The first-order chi connectivity index (χ1) is 12.8. The topological polar surface area (TPSA) is 91.8 Å². The molecule has 2 aromatic heterocycles. The number of aromatic nitrogens is 1. The van der Waals surface area contributed by atoms with Crippen LogP contribution in [-0.2, 0) is 4.79 Å². The van der Waals surface area contributed by atoms with Gasteiger partial charge in [-0.25, -0.2) is 0 Å². The molecule has 1 saturated heterocycles. The highest BCUT2D eigenvalue weighted by Gasteiger charge is 2.25. The molecule has 3 heterocycles. The number of nitrogens with zero attached hydrogens (tertiary/aromatic N) is 3. The highest BCUT2D eigenvalue weighted by atomic mass is 16.5. The second kappa shape index (κ2) is 7.96. The first kappa shape index (κ1) is 19.2. The van der Waals surface area contributed by atoms with Crippen LogP contribution in [-0.4, -0.2) is 59.5 Å². The molecule has 3 rings (SSSR count). The minimum atomic E-state index is -0.150. The smallest absolute Gasteiger partial charge is 0.257 e. The Balaban J connectivity index is 1.48. The average molecular weight is 374 g/mol. The molecule has 0 aromatic carbocycles. The van der Waals surface area contributed by atoms with E-state index in [0.29, 0.717) is 43.4 Å². The fourth-order valence-corrected chi connectivity index (χ4v) is 3.12. The van der Waals surface area contributed by atoms with Gasteiger partial charge in [0.25, 0.3) is 5.91 Å². The van der Waals surface area contributed by atoms with Crippen molar-refractivity contribution < 1.29 is 18.5 Å². The molecule has 27 heavy (non-hydrogen) atoms. The van der Waals surface area contributed by atoms with E-state index >= 15 is 0 Å². The number of hydrogen-bond acceptors (Lipinski definition) is 6. The number of amides is 2. The van der Waals surface area contributed by atoms with Crippen LogP contribution in [0.15, 0.2) is 21.1 Å². The van der Waals surface area contributed by atoms with Gasteiger partial charge < -0.3 is 13.8 Å². The molecule has 0 saturated carbocycles. The average Bonchev–Trinajstić information content (AvgIpc) is 3.21. The lowest BCUT2D eigenvalue weighted by Gasteiger charge is -2.34. The molecule has 2 amide bonds. The third kappa shape index (κ3) is 4.57. The number of hydrogen-bond donors (Lipinski definition) is 1. The van der Waals surface area contributed by atoms with Crippen molar-refractivity contribution in [1.29, 1.82) is 0 Å². The number of carbonyl (C=O) groups is 2. The zero-order valence-electron chi connectivity index (χ0n) is 16.2. The van der Waals surface area contributed by atoms with Crippen LogP contribution in [0.25, 0.3) is 0 Å². The first-order valence-corrected chi connectivity index (χ1v) is 9.18. The molecule has 0 unspecified atom stereocenters. The molecule has 1 aliphatic rings. The summed E-state index contributed by atoms with van der Waals surface area (Å²) in [7, 11) is 0. The van der Waals surface area contributed by atoms with Gasteiger partial charge in [0.05, 0.1) is 17.8 Å². The van der Waals surface area contributed by atoms with E-state index in [0.717, 1.165) is 11.5 Å². The molecule has 0 bridgehead atoms. The maximum Gasteiger partial charge on any atom is 0.257 e. The minimum Gasteiger partial charge on any atom is -0.466 e. The summed E-state index contributed by atoms with van der Waals surface area (Å²) >= 11 is 0. The van der Waals surface area contributed by atoms with Crippen molar-refractivity contribution in [2.75, 3.05) is 38.0 Å². The zero-order chi connectivity index (χ0) is 19.6. The van der Waals surface area contributed by atoms with Gasteiger partial charge in [-0.15, -0.1) is 0 Å². The Labute approximate surface area is 158 Å². The van der Waals surface area contributed by atoms with Gasteiger partial charge in [0.1, 0.15) is 11.5 Å². The molecule has 1 aliphatic heterocycles. The lowest BCUT2D eigenvalue weighted by Crippen LogP contribution is -2.50. The first-order valence-electron chi connectivity index (χ1n) is 9.18. The molecule has 0 spiro atoms. The van der Waals surface area contributed by atoms with E-state index in [2.05, 4.69) is 10.5 Å². The molecular weight excluding hydrogens is 348 g/mol. The molecule has 146 valence electrons. The zero-order valence-corrected chi connectivity index (χ0v) is 16.2. The Hall–Kier alpha value is -2.61. The van der Waals surface area contributed by atoms with Gasteiger partial charge in [-0.3, -0.25) is 19.8 Å². The molecule has 0 aliphatic carbocycles. The number of anilines is 1. The maximum atomic E-state index is 12.6. The lowest BCUT2D eigenvalue weighted by atomic mass is 10.1. The lowest BCUT2D eigenvalue weighted by molar-refractivity contribution is -0.117. The third-order valence-corrected chi connectivity index (χ3v) is 4.68. The Morgan fingerprint density at radius 3 is 2.44 bits per heavy atom. The van der Waals surface area contributed by atoms with Crippen LogP contribution in [0.3, 0.4) is 0 Å². The standard InChI is InChI=1S/C19H26N4O4/c1-12(2)16-10-18(27-21-16)20-17(24)11-22-5-7-23(8-6-22)19(25)15-9-13(3)26-14(15)4/h9-10,12H,5-8,11H2,1-4H3,(H,20,24).